The maximum absolute atomic E-state index is 12.0. The fourth-order valence-corrected chi connectivity index (χ4v) is 0.973. The first kappa shape index (κ1) is 10.6. The van der Waals surface area contributed by atoms with E-state index < -0.39 is 12.7 Å². The van der Waals surface area contributed by atoms with Gasteiger partial charge in [0.05, 0.1) is 11.9 Å². The number of nitrogens with two attached hydrogens (primary N) is 1. The van der Waals surface area contributed by atoms with Crippen LogP contribution < -0.4 is 10.6 Å². The number of alkyl halides is 3. The van der Waals surface area contributed by atoms with Gasteiger partial charge in [-0.3, -0.25) is 0 Å². The van der Waals surface area contributed by atoms with Gasteiger partial charge < -0.3 is 10.6 Å². The highest BCUT2D eigenvalue weighted by molar-refractivity contribution is 5.45. The average Bonchev–Trinajstić information content (AvgIpc) is 2.02. The van der Waals surface area contributed by atoms with Crippen molar-refractivity contribution in [2.45, 2.75) is 6.18 Å². The van der Waals surface area contributed by atoms with Crippen LogP contribution in [0.1, 0.15) is 0 Å². The number of halogens is 3. The zero-order valence-corrected chi connectivity index (χ0v) is 7.54. The van der Waals surface area contributed by atoms with Crippen molar-refractivity contribution in [2.75, 3.05) is 24.2 Å². The minimum absolute atomic E-state index is 0.247. The van der Waals surface area contributed by atoms with Gasteiger partial charge in [-0.05, 0) is 12.1 Å². The fraction of sp³-hybridized carbons (Fsp3) is 0.375. The lowest BCUT2D eigenvalue weighted by molar-refractivity contribution is -0.119. The Morgan fingerprint density at radius 2 is 2.07 bits per heavy atom. The summed E-state index contributed by atoms with van der Waals surface area (Å²) in [6.45, 7) is -1.02. The van der Waals surface area contributed by atoms with Crippen molar-refractivity contribution in [1.29, 1.82) is 0 Å². The number of aromatic nitrogens is 1. The van der Waals surface area contributed by atoms with Crippen LogP contribution in [0.5, 0.6) is 0 Å². The van der Waals surface area contributed by atoms with Gasteiger partial charge in [0, 0.05) is 7.05 Å². The van der Waals surface area contributed by atoms with Gasteiger partial charge in [0.25, 0.3) is 0 Å². The van der Waals surface area contributed by atoms with E-state index in [0.29, 0.717) is 5.69 Å². The molecule has 1 aromatic rings. The van der Waals surface area contributed by atoms with Crippen molar-refractivity contribution in [3.63, 3.8) is 0 Å². The molecule has 0 unspecified atom stereocenters. The molecule has 1 rings (SSSR count). The van der Waals surface area contributed by atoms with E-state index >= 15 is 0 Å². The molecule has 0 aliphatic heterocycles. The molecule has 0 bridgehead atoms. The fourth-order valence-electron chi connectivity index (χ4n) is 0.973. The second-order valence-corrected chi connectivity index (χ2v) is 2.92. The Balaban J connectivity index is 2.70. The average molecular weight is 205 g/mol. The van der Waals surface area contributed by atoms with Crippen molar-refractivity contribution < 1.29 is 13.2 Å². The largest absolute Gasteiger partial charge is 0.405 e. The van der Waals surface area contributed by atoms with Crippen molar-refractivity contribution in [2.24, 2.45) is 0 Å². The van der Waals surface area contributed by atoms with E-state index in [1.54, 1.807) is 0 Å². The van der Waals surface area contributed by atoms with E-state index in [4.69, 9.17) is 5.73 Å². The molecule has 0 saturated heterocycles. The van der Waals surface area contributed by atoms with E-state index in [0.717, 1.165) is 4.90 Å². The molecule has 1 heterocycles. The molecule has 3 nitrogen and oxygen atoms in total. The van der Waals surface area contributed by atoms with Crippen molar-refractivity contribution >= 4 is 11.5 Å². The summed E-state index contributed by atoms with van der Waals surface area (Å²) in [4.78, 5) is 4.78. The Morgan fingerprint density at radius 1 is 1.43 bits per heavy atom. The van der Waals surface area contributed by atoms with Gasteiger partial charge in [0.2, 0.25) is 0 Å². The molecular formula is C8H10F3N3. The van der Waals surface area contributed by atoms with Gasteiger partial charge in [-0.25, -0.2) is 4.98 Å². The molecule has 0 fully saturated rings. The standard InChI is InChI=1S/C8H10F3N3/c1-14(5-8(9,10)11)7-3-2-6(12)4-13-7/h2-4H,5,12H2,1H3. The molecule has 0 radical (unpaired) electrons. The molecule has 0 atom stereocenters. The Hall–Kier alpha value is -1.46. The summed E-state index contributed by atoms with van der Waals surface area (Å²) in [5, 5.41) is 0. The lowest BCUT2D eigenvalue weighted by Crippen LogP contribution is -2.31. The van der Waals surface area contributed by atoms with Gasteiger partial charge in [0.1, 0.15) is 12.4 Å². The number of anilines is 2. The van der Waals surface area contributed by atoms with Gasteiger partial charge in [-0.1, -0.05) is 0 Å². The monoisotopic (exact) mass is 205 g/mol. The van der Waals surface area contributed by atoms with E-state index in [-0.39, 0.29) is 5.82 Å². The van der Waals surface area contributed by atoms with Crippen LogP contribution in [-0.4, -0.2) is 24.8 Å². The summed E-state index contributed by atoms with van der Waals surface area (Å²) in [6, 6.07) is 2.95. The normalized spacial score (nSPS) is 11.4. The SMILES string of the molecule is CN(CC(F)(F)F)c1ccc(N)cn1. The van der Waals surface area contributed by atoms with E-state index in [9.17, 15) is 13.2 Å². The first-order valence-electron chi connectivity index (χ1n) is 3.88. The highest BCUT2D eigenvalue weighted by Crippen LogP contribution is 2.19. The number of hydrogen-bond donors (Lipinski definition) is 1. The maximum atomic E-state index is 12.0. The number of hydrogen-bond acceptors (Lipinski definition) is 3. The molecule has 0 aliphatic rings. The van der Waals surface area contributed by atoms with Crippen LogP contribution in [0.25, 0.3) is 0 Å². The predicted molar refractivity (Wildman–Crippen MR) is 48.0 cm³/mol. The molecule has 6 heteroatoms. The van der Waals surface area contributed by atoms with Crippen LogP contribution in [-0.2, 0) is 0 Å². The Bertz CT molecular complexity index is 294. The summed E-state index contributed by atoms with van der Waals surface area (Å²) in [7, 11) is 1.33. The molecule has 78 valence electrons. The van der Waals surface area contributed by atoms with Crippen LogP contribution in [0.4, 0.5) is 24.7 Å². The Morgan fingerprint density at radius 3 is 2.50 bits per heavy atom. The maximum Gasteiger partial charge on any atom is 0.405 e. The summed E-state index contributed by atoms with van der Waals surface area (Å²) in [6.07, 6.45) is -2.90. The van der Waals surface area contributed by atoms with Gasteiger partial charge >= 0.3 is 6.18 Å². The third kappa shape index (κ3) is 3.12. The summed E-state index contributed by atoms with van der Waals surface area (Å²) < 4.78 is 35.9. The number of rotatable bonds is 2. The third-order valence-corrected chi connectivity index (χ3v) is 1.58. The molecule has 14 heavy (non-hydrogen) atoms. The van der Waals surface area contributed by atoms with Crippen LogP contribution in [0.3, 0.4) is 0 Å². The second-order valence-electron chi connectivity index (χ2n) is 2.92. The van der Waals surface area contributed by atoms with Crippen LogP contribution in [0.15, 0.2) is 18.3 Å². The van der Waals surface area contributed by atoms with Crippen LogP contribution in [0, 0.1) is 0 Å². The minimum atomic E-state index is -4.22. The Labute approximate surface area is 79.3 Å². The molecular weight excluding hydrogens is 195 g/mol. The number of nitrogens with zero attached hydrogens (tertiary/aromatic N) is 2. The van der Waals surface area contributed by atoms with E-state index in [1.807, 2.05) is 0 Å². The van der Waals surface area contributed by atoms with Gasteiger partial charge in [-0.15, -0.1) is 0 Å². The third-order valence-electron chi connectivity index (χ3n) is 1.58. The highest BCUT2D eigenvalue weighted by Gasteiger charge is 2.29. The molecule has 0 aromatic carbocycles. The Kier molecular flexibility index (Phi) is 2.83. The molecule has 1 aromatic heterocycles. The summed E-state index contributed by atoms with van der Waals surface area (Å²) in [5.41, 5.74) is 5.78. The summed E-state index contributed by atoms with van der Waals surface area (Å²) in [5.74, 6) is 0.247. The predicted octanol–water partition coefficient (Wildman–Crippen LogP) is 1.66. The summed E-state index contributed by atoms with van der Waals surface area (Å²) >= 11 is 0. The molecule has 0 spiro atoms. The molecule has 0 saturated carbocycles. The molecule has 0 aliphatic carbocycles. The quantitative estimate of drug-likeness (QED) is 0.798. The van der Waals surface area contributed by atoms with Crippen molar-refractivity contribution in [1.82, 2.24) is 4.98 Å². The van der Waals surface area contributed by atoms with Gasteiger partial charge in [0.15, 0.2) is 0 Å². The first-order valence-corrected chi connectivity index (χ1v) is 3.88. The second kappa shape index (κ2) is 3.73. The smallest absolute Gasteiger partial charge is 0.397 e. The van der Waals surface area contributed by atoms with Crippen molar-refractivity contribution in [3.05, 3.63) is 18.3 Å². The zero-order chi connectivity index (χ0) is 10.8. The lowest BCUT2D eigenvalue weighted by atomic mass is 10.4. The van der Waals surface area contributed by atoms with E-state index in [2.05, 4.69) is 4.98 Å². The van der Waals surface area contributed by atoms with E-state index in [1.165, 1.54) is 25.4 Å². The number of nitrogen functional groups attached to an aromatic ring is 1. The molecule has 2 N–H and O–H groups in total. The topological polar surface area (TPSA) is 42.1 Å². The lowest BCUT2D eigenvalue weighted by Gasteiger charge is -2.19. The van der Waals surface area contributed by atoms with Crippen LogP contribution in [0.2, 0.25) is 0 Å². The molecule has 0 amide bonds. The number of pyridine rings is 1. The zero-order valence-electron chi connectivity index (χ0n) is 7.54. The first-order chi connectivity index (χ1) is 6.38. The van der Waals surface area contributed by atoms with Gasteiger partial charge in [-0.2, -0.15) is 13.2 Å². The minimum Gasteiger partial charge on any atom is -0.397 e. The van der Waals surface area contributed by atoms with Crippen LogP contribution >= 0.6 is 0 Å². The highest BCUT2D eigenvalue weighted by atomic mass is 19.4. The van der Waals surface area contributed by atoms with Crippen molar-refractivity contribution in [3.8, 4) is 0 Å².